The number of nitrogens with two attached hydrogens (primary N) is 1. The van der Waals surface area contributed by atoms with Gasteiger partial charge in [-0.3, -0.25) is 4.57 Å². The Hall–Kier alpha value is -3.68. The maximum absolute atomic E-state index is 14.8. The third kappa shape index (κ3) is 5.22. The summed E-state index contributed by atoms with van der Waals surface area (Å²) >= 11 is 0. The fourth-order valence-electron chi connectivity index (χ4n) is 3.79. The normalized spacial score (nSPS) is 11.4. The van der Waals surface area contributed by atoms with E-state index in [0.717, 1.165) is 12.8 Å². The molecule has 2 heterocycles. The Bertz CT molecular complexity index is 1330. The maximum Gasteiger partial charge on any atom is 0.328 e. The minimum Gasteiger partial charge on any atom is -0.454 e. The zero-order valence-electron chi connectivity index (χ0n) is 19.1. The molecule has 4 rings (SSSR count). The Balaban J connectivity index is 1.47. The highest BCUT2D eigenvalue weighted by Crippen LogP contribution is 2.26. The van der Waals surface area contributed by atoms with Crippen molar-refractivity contribution in [3.05, 3.63) is 75.7 Å². The van der Waals surface area contributed by atoms with E-state index in [1.54, 1.807) is 19.1 Å². The molecule has 172 valence electrons. The summed E-state index contributed by atoms with van der Waals surface area (Å²) in [6.45, 7) is 6.28. The summed E-state index contributed by atoms with van der Waals surface area (Å²) in [6, 6.07) is 12.4. The molecule has 2 aromatic carbocycles. The molecular formula is C25H28FN5O2. The number of aromatic nitrogens is 4. The Morgan fingerprint density at radius 2 is 1.85 bits per heavy atom. The number of nitrogens with one attached hydrogen (secondary N) is 1. The van der Waals surface area contributed by atoms with Crippen LogP contribution in [0.25, 0.3) is 11.2 Å². The molecule has 0 unspecified atom stereocenters. The van der Waals surface area contributed by atoms with Gasteiger partial charge in [0.1, 0.15) is 17.1 Å². The van der Waals surface area contributed by atoms with E-state index in [1.807, 2.05) is 24.3 Å². The third-order valence-corrected chi connectivity index (χ3v) is 5.50. The number of halogens is 1. The number of fused-ring (bicyclic) bond motifs is 1. The molecule has 0 aliphatic carbocycles. The molecule has 0 spiro atoms. The molecule has 8 heteroatoms. The lowest BCUT2D eigenvalue weighted by atomic mass is 10.0. The lowest BCUT2D eigenvalue weighted by molar-refractivity contribution is 0.441. The maximum atomic E-state index is 14.8. The van der Waals surface area contributed by atoms with Crippen LogP contribution in [0.15, 0.2) is 47.3 Å². The fourth-order valence-corrected chi connectivity index (χ4v) is 3.79. The highest BCUT2D eigenvalue weighted by atomic mass is 19.1. The van der Waals surface area contributed by atoms with E-state index in [1.165, 1.54) is 22.6 Å². The molecule has 0 bridgehead atoms. The first-order valence-corrected chi connectivity index (χ1v) is 11.1. The molecule has 7 nitrogen and oxygen atoms in total. The van der Waals surface area contributed by atoms with E-state index in [4.69, 9.17) is 10.5 Å². The highest BCUT2D eigenvalue weighted by Gasteiger charge is 2.14. The molecule has 33 heavy (non-hydrogen) atoms. The summed E-state index contributed by atoms with van der Waals surface area (Å²) in [5, 5.41) is 0. The third-order valence-electron chi connectivity index (χ3n) is 5.50. The van der Waals surface area contributed by atoms with E-state index in [9.17, 15) is 9.18 Å². The summed E-state index contributed by atoms with van der Waals surface area (Å²) in [5.41, 5.74) is 8.10. The van der Waals surface area contributed by atoms with Crippen molar-refractivity contribution in [2.24, 2.45) is 5.92 Å². The van der Waals surface area contributed by atoms with Gasteiger partial charge >= 0.3 is 5.69 Å². The lowest BCUT2D eigenvalue weighted by Crippen LogP contribution is -2.18. The second-order valence-corrected chi connectivity index (χ2v) is 8.67. The standard InChI is InChI=1S/C25H28FN5O2/c1-15(2)5-4-6-17-7-10-19(11-8-17)33-21-12-9-18(13-20(21)26)14-31-24-22(30-25(31)32)23(27)28-16(3)29-24/h7-13,15H,4-6,14H2,1-3H3,(H,30,32)(H2,27,28,29). The van der Waals surface area contributed by atoms with Crippen LogP contribution in [0.5, 0.6) is 11.5 Å². The molecule has 0 saturated heterocycles. The molecule has 0 atom stereocenters. The van der Waals surface area contributed by atoms with Crippen LogP contribution in [0, 0.1) is 18.7 Å². The van der Waals surface area contributed by atoms with Crippen LogP contribution in [0.3, 0.4) is 0 Å². The Kier molecular flexibility index (Phi) is 6.44. The number of nitrogen functional groups attached to an aromatic ring is 1. The number of aromatic amines is 1. The molecule has 2 aromatic heterocycles. The summed E-state index contributed by atoms with van der Waals surface area (Å²) in [5.74, 6) is 1.54. The van der Waals surface area contributed by atoms with Crippen LogP contribution in [0.2, 0.25) is 0 Å². The minimum atomic E-state index is -0.508. The van der Waals surface area contributed by atoms with Crippen molar-refractivity contribution in [3.63, 3.8) is 0 Å². The van der Waals surface area contributed by atoms with Crippen LogP contribution in [0.1, 0.15) is 43.6 Å². The number of anilines is 1. The van der Waals surface area contributed by atoms with Crippen LogP contribution in [-0.4, -0.2) is 19.5 Å². The molecule has 4 aromatic rings. The van der Waals surface area contributed by atoms with Crippen LogP contribution in [-0.2, 0) is 13.0 Å². The van der Waals surface area contributed by atoms with Gasteiger partial charge in [0.15, 0.2) is 23.0 Å². The van der Waals surface area contributed by atoms with Crippen molar-refractivity contribution in [2.75, 3.05) is 5.73 Å². The molecule has 0 radical (unpaired) electrons. The number of ether oxygens (including phenoxy) is 1. The van der Waals surface area contributed by atoms with Gasteiger partial charge in [0.05, 0.1) is 6.54 Å². The van der Waals surface area contributed by atoms with Crippen molar-refractivity contribution in [2.45, 2.75) is 46.6 Å². The number of H-pyrrole nitrogens is 1. The topological polar surface area (TPSA) is 98.8 Å². The summed E-state index contributed by atoms with van der Waals surface area (Å²) in [6.07, 6.45) is 3.36. The first kappa shape index (κ1) is 22.5. The minimum absolute atomic E-state index is 0.125. The highest BCUT2D eigenvalue weighted by molar-refractivity contribution is 5.81. The largest absolute Gasteiger partial charge is 0.454 e. The number of rotatable bonds is 8. The van der Waals surface area contributed by atoms with Gasteiger partial charge in [-0.2, -0.15) is 0 Å². The van der Waals surface area contributed by atoms with E-state index in [2.05, 4.69) is 28.8 Å². The van der Waals surface area contributed by atoms with Crippen molar-refractivity contribution < 1.29 is 9.13 Å². The van der Waals surface area contributed by atoms with E-state index in [0.29, 0.717) is 34.2 Å². The van der Waals surface area contributed by atoms with Gasteiger partial charge in [-0.1, -0.05) is 38.5 Å². The number of nitrogens with zero attached hydrogens (tertiary/aromatic N) is 3. The molecule has 3 N–H and O–H groups in total. The lowest BCUT2D eigenvalue weighted by Gasteiger charge is -2.10. The Morgan fingerprint density at radius 1 is 1.12 bits per heavy atom. The van der Waals surface area contributed by atoms with Crippen LogP contribution in [0.4, 0.5) is 10.2 Å². The second-order valence-electron chi connectivity index (χ2n) is 8.67. The molecule has 0 aliphatic heterocycles. The molecule has 0 saturated carbocycles. The quantitative estimate of drug-likeness (QED) is 0.396. The predicted molar refractivity (Wildman–Crippen MR) is 127 cm³/mol. The van der Waals surface area contributed by atoms with E-state index < -0.39 is 5.82 Å². The average Bonchev–Trinajstić information content (AvgIpc) is 3.07. The number of aryl methyl sites for hydroxylation is 2. The van der Waals surface area contributed by atoms with Crippen molar-refractivity contribution in [1.82, 2.24) is 19.5 Å². The average molecular weight is 450 g/mol. The van der Waals surface area contributed by atoms with Gasteiger partial charge < -0.3 is 15.5 Å². The fraction of sp³-hybridized carbons (Fsp3) is 0.320. The van der Waals surface area contributed by atoms with E-state index >= 15 is 0 Å². The van der Waals surface area contributed by atoms with Crippen LogP contribution < -0.4 is 16.2 Å². The first-order valence-electron chi connectivity index (χ1n) is 11.1. The zero-order chi connectivity index (χ0) is 23.5. The summed E-state index contributed by atoms with van der Waals surface area (Å²) in [4.78, 5) is 23.4. The molecule has 0 aliphatic rings. The number of hydrogen-bond donors (Lipinski definition) is 2. The molecule has 0 fully saturated rings. The van der Waals surface area contributed by atoms with Crippen LogP contribution >= 0.6 is 0 Å². The molecular weight excluding hydrogens is 421 g/mol. The second kappa shape index (κ2) is 9.44. The number of hydrogen-bond acceptors (Lipinski definition) is 5. The van der Waals surface area contributed by atoms with Crippen molar-refractivity contribution in [3.8, 4) is 11.5 Å². The number of benzene rings is 2. The number of imidazole rings is 1. The summed E-state index contributed by atoms with van der Waals surface area (Å²) in [7, 11) is 0. The van der Waals surface area contributed by atoms with Gasteiger partial charge in [-0.15, -0.1) is 0 Å². The van der Waals surface area contributed by atoms with Crippen molar-refractivity contribution in [1.29, 1.82) is 0 Å². The van der Waals surface area contributed by atoms with Gasteiger partial charge in [0.2, 0.25) is 0 Å². The van der Waals surface area contributed by atoms with E-state index in [-0.39, 0.29) is 23.8 Å². The first-order chi connectivity index (χ1) is 15.8. The summed E-state index contributed by atoms with van der Waals surface area (Å²) < 4.78 is 21.9. The molecule has 0 amide bonds. The van der Waals surface area contributed by atoms with Gasteiger partial charge in [0.25, 0.3) is 0 Å². The SMILES string of the molecule is Cc1nc(N)c2[nH]c(=O)n(Cc3ccc(Oc4ccc(CCCC(C)C)cc4)c(F)c3)c2n1. The Morgan fingerprint density at radius 3 is 2.55 bits per heavy atom. The van der Waals surface area contributed by atoms with Gasteiger partial charge in [-0.25, -0.2) is 19.2 Å². The smallest absolute Gasteiger partial charge is 0.328 e. The monoisotopic (exact) mass is 449 g/mol. The van der Waals surface area contributed by atoms with Crippen molar-refractivity contribution >= 4 is 17.0 Å². The zero-order valence-corrected chi connectivity index (χ0v) is 19.1. The van der Waals surface area contributed by atoms with Gasteiger partial charge in [-0.05, 0) is 61.1 Å². The Labute approximate surface area is 191 Å². The predicted octanol–water partition coefficient (Wildman–Crippen LogP) is 4.97. The van der Waals surface area contributed by atoms with Gasteiger partial charge in [0, 0.05) is 0 Å².